The minimum Gasteiger partial charge on any atom is -0.248 e. The quantitative estimate of drug-likeness (QED) is 0.154. The standard InChI is InChI=1S/C52H34N4/c1-3-14-35(15-4-1)37-26-30-39(31-27-37)50-54-51(40-32-28-38(29-33-40)36-16-5-2-6-17-36)56-52(55-50)46-23-12-11-22-45(46)48-24-13-25-49(53-48)47-34-41-18-7-8-19-42(41)43-20-9-10-21-44(43)47/h1-34H. The number of hydrogen-bond donors (Lipinski definition) is 0. The van der Waals surface area contributed by atoms with Crippen LogP contribution in [-0.2, 0) is 0 Å². The lowest BCUT2D eigenvalue weighted by Crippen LogP contribution is -2.01. The van der Waals surface area contributed by atoms with Crippen LogP contribution in [0.25, 0.3) is 100 Å². The van der Waals surface area contributed by atoms with Crippen LogP contribution in [0.2, 0.25) is 0 Å². The van der Waals surface area contributed by atoms with Crippen molar-refractivity contribution in [2.45, 2.75) is 0 Å². The number of pyridine rings is 1. The highest BCUT2D eigenvalue weighted by atomic mass is 15.0. The molecule has 8 aromatic carbocycles. The Hall–Kier alpha value is -7.56. The third-order valence-corrected chi connectivity index (χ3v) is 10.4. The van der Waals surface area contributed by atoms with E-state index in [-0.39, 0.29) is 0 Å². The number of hydrogen-bond acceptors (Lipinski definition) is 4. The minimum absolute atomic E-state index is 0.586. The molecule has 0 amide bonds. The van der Waals surface area contributed by atoms with Crippen LogP contribution in [0.15, 0.2) is 206 Å². The molecule has 0 saturated heterocycles. The predicted octanol–water partition coefficient (Wildman–Crippen LogP) is 13.2. The Labute approximate surface area is 325 Å². The number of aromatic nitrogens is 4. The maximum Gasteiger partial charge on any atom is 0.164 e. The van der Waals surface area contributed by atoms with Gasteiger partial charge in [0.15, 0.2) is 17.5 Å². The van der Waals surface area contributed by atoms with Crippen molar-refractivity contribution in [1.29, 1.82) is 0 Å². The van der Waals surface area contributed by atoms with Crippen molar-refractivity contribution in [2.24, 2.45) is 0 Å². The molecule has 4 nitrogen and oxygen atoms in total. The monoisotopic (exact) mass is 714 g/mol. The lowest BCUT2D eigenvalue weighted by Gasteiger charge is -2.14. The Kier molecular flexibility index (Phi) is 8.47. The number of nitrogens with zero attached hydrogens (tertiary/aromatic N) is 4. The molecule has 0 aliphatic carbocycles. The molecule has 0 fully saturated rings. The summed E-state index contributed by atoms with van der Waals surface area (Å²) in [4.78, 5) is 20.7. The average molecular weight is 715 g/mol. The SMILES string of the molecule is c1ccc(-c2ccc(-c3nc(-c4ccc(-c5ccccc5)cc4)nc(-c4ccccc4-c4cccc(-c5cc6ccccc6c6ccccc56)n4)n3)cc2)cc1. The van der Waals surface area contributed by atoms with Crippen molar-refractivity contribution in [3.05, 3.63) is 206 Å². The van der Waals surface area contributed by atoms with Crippen molar-refractivity contribution in [1.82, 2.24) is 19.9 Å². The molecule has 0 atom stereocenters. The molecule has 0 bridgehead atoms. The summed E-state index contributed by atoms with van der Waals surface area (Å²) in [6.07, 6.45) is 0. The van der Waals surface area contributed by atoms with Gasteiger partial charge in [0.05, 0.1) is 11.4 Å². The van der Waals surface area contributed by atoms with Gasteiger partial charge in [-0.3, -0.25) is 0 Å². The Balaban J connectivity index is 1.10. The molecular weight excluding hydrogens is 681 g/mol. The lowest BCUT2D eigenvalue weighted by molar-refractivity contribution is 1.07. The van der Waals surface area contributed by atoms with Gasteiger partial charge in [0.1, 0.15) is 0 Å². The highest BCUT2D eigenvalue weighted by Crippen LogP contribution is 2.37. The van der Waals surface area contributed by atoms with Crippen LogP contribution in [0.1, 0.15) is 0 Å². The third kappa shape index (κ3) is 6.29. The first kappa shape index (κ1) is 33.0. The molecule has 56 heavy (non-hydrogen) atoms. The van der Waals surface area contributed by atoms with Crippen LogP contribution in [0.3, 0.4) is 0 Å². The third-order valence-electron chi connectivity index (χ3n) is 10.4. The Morgan fingerprint density at radius 1 is 0.232 bits per heavy atom. The van der Waals surface area contributed by atoms with E-state index in [0.29, 0.717) is 17.5 Å². The topological polar surface area (TPSA) is 51.6 Å². The van der Waals surface area contributed by atoms with Crippen LogP contribution >= 0.6 is 0 Å². The summed E-state index contributed by atoms with van der Waals surface area (Å²) >= 11 is 0. The summed E-state index contributed by atoms with van der Waals surface area (Å²) in [5, 5.41) is 4.81. The zero-order chi connectivity index (χ0) is 37.3. The number of rotatable bonds is 7. The molecule has 2 aromatic heterocycles. The lowest BCUT2D eigenvalue weighted by atomic mass is 9.95. The number of fused-ring (bicyclic) bond motifs is 3. The second-order valence-corrected chi connectivity index (χ2v) is 13.8. The molecule has 0 aliphatic rings. The first-order chi connectivity index (χ1) is 27.7. The Morgan fingerprint density at radius 3 is 1.27 bits per heavy atom. The summed E-state index contributed by atoms with van der Waals surface area (Å²) in [7, 11) is 0. The van der Waals surface area contributed by atoms with Gasteiger partial charge in [-0.05, 0) is 62.0 Å². The Bertz CT molecular complexity index is 2890. The van der Waals surface area contributed by atoms with Crippen LogP contribution < -0.4 is 0 Å². The van der Waals surface area contributed by atoms with Crippen molar-refractivity contribution in [3.8, 4) is 78.9 Å². The van der Waals surface area contributed by atoms with Crippen LogP contribution in [0.4, 0.5) is 0 Å². The second-order valence-electron chi connectivity index (χ2n) is 13.8. The van der Waals surface area contributed by atoms with E-state index < -0.39 is 0 Å². The van der Waals surface area contributed by atoms with Gasteiger partial charge in [0.25, 0.3) is 0 Å². The van der Waals surface area contributed by atoms with Crippen LogP contribution in [0.5, 0.6) is 0 Å². The molecule has 0 saturated carbocycles. The minimum atomic E-state index is 0.586. The van der Waals surface area contributed by atoms with E-state index in [1.54, 1.807) is 0 Å². The van der Waals surface area contributed by atoms with E-state index in [9.17, 15) is 0 Å². The first-order valence-electron chi connectivity index (χ1n) is 18.8. The highest BCUT2D eigenvalue weighted by molar-refractivity contribution is 6.13. The smallest absolute Gasteiger partial charge is 0.164 e. The summed E-state index contributed by atoms with van der Waals surface area (Å²) in [5.41, 5.74) is 11.1. The molecule has 0 radical (unpaired) electrons. The van der Waals surface area contributed by atoms with E-state index >= 15 is 0 Å². The summed E-state index contributed by atoms with van der Waals surface area (Å²) < 4.78 is 0. The van der Waals surface area contributed by atoms with Gasteiger partial charge in [-0.1, -0.05) is 188 Å². The molecule has 0 aliphatic heterocycles. The molecule has 0 unspecified atom stereocenters. The summed E-state index contributed by atoms with van der Waals surface area (Å²) in [6.45, 7) is 0. The molecule has 0 N–H and O–H groups in total. The van der Waals surface area contributed by atoms with Gasteiger partial charge in [0.2, 0.25) is 0 Å². The van der Waals surface area contributed by atoms with E-state index in [1.165, 1.54) is 21.5 Å². The fraction of sp³-hybridized carbons (Fsp3) is 0. The molecule has 2 heterocycles. The Morgan fingerprint density at radius 2 is 0.661 bits per heavy atom. The van der Waals surface area contributed by atoms with Gasteiger partial charge in [-0.2, -0.15) is 0 Å². The second kappa shape index (κ2) is 14.3. The van der Waals surface area contributed by atoms with Gasteiger partial charge < -0.3 is 0 Å². The van der Waals surface area contributed by atoms with Crippen molar-refractivity contribution in [2.75, 3.05) is 0 Å². The van der Waals surface area contributed by atoms with Gasteiger partial charge >= 0.3 is 0 Å². The van der Waals surface area contributed by atoms with Crippen molar-refractivity contribution >= 4 is 21.5 Å². The molecule has 0 spiro atoms. The van der Waals surface area contributed by atoms with E-state index in [2.05, 4.69) is 182 Å². The molecule has 10 aromatic rings. The fourth-order valence-corrected chi connectivity index (χ4v) is 7.54. The van der Waals surface area contributed by atoms with Crippen molar-refractivity contribution < 1.29 is 0 Å². The summed E-state index contributed by atoms with van der Waals surface area (Å²) in [5.74, 6) is 1.80. The van der Waals surface area contributed by atoms with Gasteiger partial charge in [-0.15, -0.1) is 0 Å². The molecular formula is C52H34N4. The summed E-state index contributed by atoms with van der Waals surface area (Å²) in [6, 6.07) is 71.6. The molecule has 10 rings (SSSR count). The normalized spacial score (nSPS) is 11.2. The van der Waals surface area contributed by atoms with E-state index in [4.69, 9.17) is 19.9 Å². The number of benzene rings is 8. The first-order valence-corrected chi connectivity index (χ1v) is 18.8. The van der Waals surface area contributed by atoms with E-state index in [0.717, 1.165) is 61.5 Å². The van der Waals surface area contributed by atoms with Crippen LogP contribution in [0, 0.1) is 0 Å². The maximum atomic E-state index is 5.32. The van der Waals surface area contributed by atoms with Crippen LogP contribution in [-0.4, -0.2) is 19.9 Å². The van der Waals surface area contributed by atoms with E-state index in [1.807, 2.05) is 24.3 Å². The van der Waals surface area contributed by atoms with Gasteiger partial charge in [-0.25, -0.2) is 19.9 Å². The highest BCUT2D eigenvalue weighted by Gasteiger charge is 2.18. The zero-order valence-corrected chi connectivity index (χ0v) is 30.4. The molecule has 4 heteroatoms. The largest absolute Gasteiger partial charge is 0.248 e. The molecule has 262 valence electrons. The zero-order valence-electron chi connectivity index (χ0n) is 30.4. The average Bonchev–Trinajstić information content (AvgIpc) is 3.29. The van der Waals surface area contributed by atoms with Crippen molar-refractivity contribution in [3.63, 3.8) is 0 Å². The maximum absolute atomic E-state index is 5.32. The fourth-order valence-electron chi connectivity index (χ4n) is 7.54. The predicted molar refractivity (Wildman–Crippen MR) is 231 cm³/mol. The van der Waals surface area contributed by atoms with Gasteiger partial charge in [0, 0.05) is 27.8 Å².